The van der Waals surface area contributed by atoms with E-state index in [4.69, 9.17) is 10.8 Å². The van der Waals surface area contributed by atoms with E-state index in [0.29, 0.717) is 18.9 Å². The average molecular weight is 241 g/mol. The van der Waals surface area contributed by atoms with Gasteiger partial charge in [0.15, 0.2) is 0 Å². The lowest BCUT2D eigenvalue weighted by molar-refractivity contribution is -0.122. The van der Waals surface area contributed by atoms with Gasteiger partial charge in [-0.1, -0.05) is 13.3 Å². The first-order chi connectivity index (χ1) is 8.15. The molecule has 0 bridgehead atoms. The van der Waals surface area contributed by atoms with Gasteiger partial charge in [-0.05, 0) is 12.3 Å². The van der Waals surface area contributed by atoms with E-state index in [1.807, 2.05) is 6.92 Å². The molecule has 7 nitrogen and oxygen atoms in total. The zero-order valence-corrected chi connectivity index (χ0v) is 9.96. The minimum atomic E-state index is -0.133. The van der Waals surface area contributed by atoms with Crippen LogP contribution < -0.4 is 11.1 Å². The highest BCUT2D eigenvalue weighted by Crippen LogP contribution is 2.05. The number of aliphatic hydroxyl groups is 1. The molecule has 1 aromatic rings. The smallest absolute Gasteiger partial charge is 0.241 e. The van der Waals surface area contributed by atoms with E-state index < -0.39 is 0 Å². The topological polar surface area (TPSA) is 106 Å². The maximum Gasteiger partial charge on any atom is 0.241 e. The van der Waals surface area contributed by atoms with Crippen molar-refractivity contribution in [3.63, 3.8) is 0 Å². The largest absolute Gasteiger partial charge is 0.396 e. The first-order valence-electron chi connectivity index (χ1n) is 5.68. The summed E-state index contributed by atoms with van der Waals surface area (Å²) in [5, 5.41) is 15.4. The minimum absolute atomic E-state index is 0.111. The molecule has 1 heterocycles. The van der Waals surface area contributed by atoms with Crippen LogP contribution in [0.4, 0.5) is 5.95 Å². The van der Waals surface area contributed by atoms with Crippen molar-refractivity contribution in [2.75, 3.05) is 18.9 Å². The fourth-order valence-electron chi connectivity index (χ4n) is 1.48. The summed E-state index contributed by atoms with van der Waals surface area (Å²) in [6.45, 7) is 2.86. The molecular weight excluding hydrogens is 222 g/mol. The molecule has 7 heteroatoms. The molecule has 4 N–H and O–H groups in total. The van der Waals surface area contributed by atoms with Gasteiger partial charge in [0.2, 0.25) is 11.9 Å². The second-order valence-corrected chi connectivity index (χ2v) is 3.89. The van der Waals surface area contributed by atoms with Crippen LogP contribution in [0.5, 0.6) is 0 Å². The van der Waals surface area contributed by atoms with Gasteiger partial charge in [-0.15, -0.1) is 5.10 Å². The van der Waals surface area contributed by atoms with Crippen molar-refractivity contribution in [3.8, 4) is 0 Å². The van der Waals surface area contributed by atoms with Crippen molar-refractivity contribution in [1.29, 1.82) is 0 Å². The Hall–Kier alpha value is -1.63. The number of nitrogen functional groups attached to an aromatic ring is 1. The summed E-state index contributed by atoms with van der Waals surface area (Å²) in [6, 6.07) is 0. The molecule has 0 spiro atoms. The van der Waals surface area contributed by atoms with Crippen LogP contribution in [-0.4, -0.2) is 38.9 Å². The second-order valence-electron chi connectivity index (χ2n) is 3.89. The highest BCUT2D eigenvalue weighted by Gasteiger charge is 2.09. The number of hydrogen-bond acceptors (Lipinski definition) is 5. The lowest BCUT2D eigenvalue weighted by atomic mass is 10.0. The third kappa shape index (κ3) is 4.81. The van der Waals surface area contributed by atoms with Crippen LogP contribution in [0.1, 0.15) is 19.8 Å². The van der Waals surface area contributed by atoms with E-state index in [9.17, 15) is 4.79 Å². The lowest BCUT2D eigenvalue weighted by Crippen LogP contribution is -2.32. The molecule has 0 aromatic carbocycles. The monoisotopic (exact) mass is 241 g/mol. The molecule has 17 heavy (non-hydrogen) atoms. The number of nitrogens with one attached hydrogen (secondary N) is 1. The van der Waals surface area contributed by atoms with Gasteiger partial charge < -0.3 is 16.2 Å². The molecule has 0 aliphatic heterocycles. The van der Waals surface area contributed by atoms with Crippen LogP contribution in [0.3, 0.4) is 0 Å². The maximum absolute atomic E-state index is 11.5. The molecule has 0 saturated carbocycles. The van der Waals surface area contributed by atoms with Crippen LogP contribution in [0.15, 0.2) is 6.33 Å². The van der Waals surface area contributed by atoms with E-state index in [0.717, 1.165) is 6.42 Å². The van der Waals surface area contributed by atoms with Gasteiger partial charge >= 0.3 is 0 Å². The Morgan fingerprint density at radius 3 is 3.00 bits per heavy atom. The Bertz CT molecular complexity index is 352. The van der Waals surface area contributed by atoms with Crippen LogP contribution in [0.25, 0.3) is 0 Å². The summed E-state index contributed by atoms with van der Waals surface area (Å²) in [6.07, 6.45) is 3.05. The Kier molecular flexibility index (Phi) is 5.41. The molecule has 0 radical (unpaired) electrons. The fourth-order valence-corrected chi connectivity index (χ4v) is 1.48. The zero-order valence-electron chi connectivity index (χ0n) is 9.96. The lowest BCUT2D eigenvalue weighted by Gasteiger charge is -2.14. The van der Waals surface area contributed by atoms with E-state index in [-0.39, 0.29) is 25.0 Å². The van der Waals surface area contributed by atoms with Crippen molar-refractivity contribution >= 4 is 11.9 Å². The van der Waals surface area contributed by atoms with Crippen molar-refractivity contribution < 1.29 is 9.90 Å². The van der Waals surface area contributed by atoms with Crippen LogP contribution >= 0.6 is 0 Å². The van der Waals surface area contributed by atoms with E-state index in [2.05, 4.69) is 15.4 Å². The average Bonchev–Trinajstić information content (AvgIpc) is 2.70. The maximum atomic E-state index is 11.5. The molecule has 1 unspecified atom stereocenters. The number of nitrogens with zero attached hydrogens (tertiary/aromatic N) is 3. The Labute approximate surface area is 100 Å². The number of aliphatic hydroxyl groups excluding tert-OH is 1. The van der Waals surface area contributed by atoms with Crippen LogP contribution in [0.2, 0.25) is 0 Å². The Morgan fingerprint density at radius 2 is 2.47 bits per heavy atom. The molecule has 1 amide bonds. The normalized spacial score (nSPS) is 12.4. The summed E-state index contributed by atoms with van der Waals surface area (Å²) >= 11 is 0. The SMILES string of the molecule is CCC(CCO)CNC(=O)Cn1cnc(N)n1. The van der Waals surface area contributed by atoms with Crippen molar-refractivity contribution in [2.45, 2.75) is 26.3 Å². The van der Waals surface area contributed by atoms with Crippen molar-refractivity contribution in [2.24, 2.45) is 5.92 Å². The van der Waals surface area contributed by atoms with Gasteiger partial charge in [0.05, 0.1) is 0 Å². The molecule has 0 aliphatic carbocycles. The number of carbonyl (C=O) groups is 1. The standard InChI is InChI=1S/C10H19N5O2/c1-2-8(3-4-16)5-12-9(17)6-15-7-13-10(11)14-15/h7-8,16H,2-6H2,1H3,(H2,11,14)(H,12,17). The summed E-state index contributed by atoms with van der Waals surface area (Å²) in [5.74, 6) is 0.334. The molecule has 1 rings (SSSR count). The predicted molar refractivity (Wildman–Crippen MR) is 62.9 cm³/mol. The fraction of sp³-hybridized carbons (Fsp3) is 0.700. The quantitative estimate of drug-likeness (QED) is 0.590. The van der Waals surface area contributed by atoms with Gasteiger partial charge in [0, 0.05) is 13.2 Å². The Morgan fingerprint density at radius 1 is 1.71 bits per heavy atom. The first kappa shape index (κ1) is 13.4. The number of nitrogens with two attached hydrogens (primary N) is 1. The molecule has 96 valence electrons. The number of rotatable bonds is 7. The number of aromatic nitrogens is 3. The third-order valence-corrected chi connectivity index (χ3v) is 2.56. The van der Waals surface area contributed by atoms with Crippen molar-refractivity contribution in [3.05, 3.63) is 6.33 Å². The van der Waals surface area contributed by atoms with Gasteiger partial charge in [-0.2, -0.15) is 0 Å². The van der Waals surface area contributed by atoms with E-state index >= 15 is 0 Å². The molecule has 0 fully saturated rings. The molecule has 1 atom stereocenters. The predicted octanol–water partition coefficient (Wildman–Crippen LogP) is -0.615. The number of anilines is 1. The zero-order chi connectivity index (χ0) is 12.7. The first-order valence-corrected chi connectivity index (χ1v) is 5.68. The summed E-state index contributed by atoms with van der Waals surface area (Å²) in [5.41, 5.74) is 5.34. The molecule has 1 aromatic heterocycles. The van der Waals surface area contributed by atoms with Crippen LogP contribution in [-0.2, 0) is 11.3 Å². The number of carbonyl (C=O) groups excluding carboxylic acids is 1. The van der Waals surface area contributed by atoms with Gasteiger partial charge in [-0.3, -0.25) is 4.79 Å². The van der Waals surface area contributed by atoms with Crippen molar-refractivity contribution in [1.82, 2.24) is 20.1 Å². The minimum Gasteiger partial charge on any atom is -0.396 e. The van der Waals surface area contributed by atoms with E-state index in [1.54, 1.807) is 0 Å². The summed E-state index contributed by atoms with van der Waals surface area (Å²) in [7, 11) is 0. The van der Waals surface area contributed by atoms with Crippen LogP contribution in [0, 0.1) is 5.92 Å². The van der Waals surface area contributed by atoms with E-state index in [1.165, 1.54) is 11.0 Å². The molecule has 0 saturated heterocycles. The summed E-state index contributed by atoms with van der Waals surface area (Å²) in [4.78, 5) is 15.3. The molecular formula is C10H19N5O2. The third-order valence-electron chi connectivity index (χ3n) is 2.56. The van der Waals surface area contributed by atoms with Gasteiger partial charge in [-0.25, -0.2) is 9.67 Å². The molecule has 0 aliphatic rings. The van der Waals surface area contributed by atoms with Gasteiger partial charge in [0.1, 0.15) is 12.9 Å². The second kappa shape index (κ2) is 6.85. The summed E-state index contributed by atoms with van der Waals surface area (Å²) < 4.78 is 1.39. The number of hydrogen-bond donors (Lipinski definition) is 3. The highest BCUT2D eigenvalue weighted by molar-refractivity contribution is 5.75. The number of amides is 1. The Balaban J connectivity index is 2.29. The highest BCUT2D eigenvalue weighted by atomic mass is 16.3. The van der Waals surface area contributed by atoms with Gasteiger partial charge in [0.25, 0.3) is 0 Å².